The van der Waals surface area contributed by atoms with Crippen LogP contribution in [0.5, 0.6) is 0 Å². The highest BCUT2D eigenvalue weighted by molar-refractivity contribution is 6.22. The standard InChI is InChI=1S/C21H20N2O6/c1-11-16-13(18(24)23(19(16)25)12-7-5-4-6-8-12)9-15-17(21(27)29-3)14(10-22(11)15)20(26)28-2/h4-8,10-11,13,16H,9H2,1-3H3. The molecule has 8 nitrogen and oxygen atoms in total. The van der Waals surface area contributed by atoms with Crippen LogP contribution >= 0.6 is 0 Å². The van der Waals surface area contributed by atoms with Crippen molar-refractivity contribution in [1.82, 2.24) is 4.57 Å². The van der Waals surface area contributed by atoms with E-state index in [9.17, 15) is 19.2 Å². The molecule has 3 heterocycles. The number of carbonyl (C=O) groups is 4. The summed E-state index contributed by atoms with van der Waals surface area (Å²) >= 11 is 0. The molecule has 150 valence electrons. The number of para-hydroxylation sites is 1. The number of esters is 2. The zero-order valence-corrected chi connectivity index (χ0v) is 16.2. The average molecular weight is 396 g/mol. The van der Waals surface area contributed by atoms with Crippen LogP contribution < -0.4 is 4.90 Å². The Morgan fingerprint density at radius 2 is 1.66 bits per heavy atom. The number of hydrogen-bond acceptors (Lipinski definition) is 6. The Morgan fingerprint density at radius 1 is 1.00 bits per heavy atom. The van der Waals surface area contributed by atoms with Gasteiger partial charge in [-0.15, -0.1) is 0 Å². The third kappa shape index (κ3) is 2.66. The van der Waals surface area contributed by atoms with Crippen molar-refractivity contribution in [3.8, 4) is 0 Å². The van der Waals surface area contributed by atoms with Gasteiger partial charge in [-0.1, -0.05) is 18.2 Å². The lowest BCUT2D eigenvalue weighted by molar-refractivity contribution is -0.122. The first-order valence-corrected chi connectivity index (χ1v) is 9.23. The lowest BCUT2D eigenvalue weighted by Crippen LogP contribution is -2.35. The summed E-state index contributed by atoms with van der Waals surface area (Å²) in [7, 11) is 2.45. The summed E-state index contributed by atoms with van der Waals surface area (Å²) in [5.41, 5.74) is 1.18. The number of amides is 2. The van der Waals surface area contributed by atoms with Gasteiger partial charge in [0.1, 0.15) is 0 Å². The summed E-state index contributed by atoms with van der Waals surface area (Å²) in [4.78, 5) is 52.1. The van der Waals surface area contributed by atoms with E-state index < -0.39 is 29.8 Å². The molecule has 0 aliphatic carbocycles. The number of rotatable bonds is 3. The fourth-order valence-corrected chi connectivity index (χ4v) is 4.45. The second-order valence-electron chi connectivity index (χ2n) is 7.18. The molecule has 2 aliphatic heterocycles. The van der Waals surface area contributed by atoms with Crippen LogP contribution in [0.4, 0.5) is 5.69 Å². The first kappa shape index (κ1) is 18.9. The number of aromatic nitrogens is 1. The Bertz CT molecular complexity index is 1030. The molecule has 1 fully saturated rings. The molecule has 0 bridgehead atoms. The van der Waals surface area contributed by atoms with E-state index in [2.05, 4.69) is 0 Å². The van der Waals surface area contributed by atoms with Gasteiger partial charge >= 0.3 is 11.9 Å². The van der Waals surface area contributed by atoms with Crippen molar-refractivity contribution in [1.29, 1.82) is 0 Å². The van der Waals surface area contributed by atoms with Crippen molar-refractivity contribution < 1.29 is 28.7 Å². The van der Waals surface area contributed by atoms with Crippen molar-refractivity contribution >= 4 is 29.4 Å². The van der Waals surface area contributed by atoms with Gasteiger partial charge in [0, 0.05) is 24.4 Å². The van der Waals surface area contributed by atoms with E-state index in [4.69, 9.17) is 9.47 Å². The van der Waals surface area contributed by atoms with Crippen molar-refractivity contribution in [3.05, 3.63) is 53.3 Å². The highest BCUT2D eigenvalue weighted by atomic mass is 16.5. The Labute approximate surface area is 167 Å². The third-order valence-corrected chi connectivity index (χ3v) is 5.80. The van der Waals surface area contributed by atoms with E-state index in [1.54, 1.807) is 28.8 Å². The summed E-state index contributed by atoms with van der Waals surface area (Å²) in [6.07, 6.45) is 1.67. The molecule has 8 heteroatoms. The van der Waals surface area contributed by atoms with Crippen molar-refractivity contribution in [2.24, 2.45) is 11.8 Å². The Morgan fingerprint density at radius 3 is 2.28 bits per heavy atom. The molecule has 0 saturated carbocycles. The van der Waals surface area contributed by atoms with Gasteiger partial charge in [0.2, 0.25) is 11.8 Å². The highest BCUT2D eigenvalue weighted by Gasteiger charge is 2.54. The summed E-state index contributed by atoms with van der Waals surface area (Å²) < 4.78 is 11.4. The smallest absolute Gasteiger partial charge is 0.340 e. The summed E-state index contributed by atoms with van der Waals surface area (Å²) in [5, 5.41) is 0. The second-order valence-corrected chi connectivity index (χ2v) is 7.18. The minimum absolute atomic E-state index is 0.0704. The lowest BCUT2D eigenvalue weighted by atomic mass is 9.81. The molecule has 0 N–H and O–H groups in total. The van der Waals surface area contributed by atoms with Crippen LogP contribution in [0.15, 0.2) is 36.5 Å². The topological polar surface area (TPSA) is 94.9 Å². The van der Waals surface area contributed by atoms with E-state index in [1.165, 1.54) is 25.3 Å². The molecule has 1 aromatic heterocycles. The molecule has 0 spiro atoms. The summed E-state index contributed by atoms with van der Waals surface area (Å²) in [5.74, 6) is -3.14. The molecule has 2 aromatic rings. The predicted octanol–water partition coefficient (Wildman–Crippen LogP) is 1.98. The van der Waals surface area contributed by atoms with Crippen LogP contribution in [-0.4, -0.2) is 42.5 Å². The molecule has 0 radical (unpaired) electrons. The van der Waals surface area contributed by atoms with E-state index in [0.717, 1.165) is 0 Å². The SMILES string of the molecule is COC(=O)c1cn2c(c1C(=O)OC)CC1C(=O)N(c3ccccc3)C(=O)C1C2C. The van der Waals surface area contributed by atoms with Gasteiger partial charge < -0.3 is 14.0 Å². The van der Waals surface area contributed by atoms with Gasteiger partial charge in [-0.2, -0.15) is 0 Å². The fraction of sp³-hybridized carbons (Fsp3) is 0.333. The number of hydrogen-bond donors (Lipinski definition) is 0. The number of nitrogens with zero attached hydrogens (tertiary/aromatic N) is 2. The first-order chi connectivity index (χ1) is 13.9. The van der Waals surface area contributed by atoms with E-state index in [-0.39, 0.29) is 29.4 Å². The van der Waals surface area contributed by atoms with Gasteiger partial charge in [0.25, 0.3) is 0 Å². The van der Waals surface area contributed by atoms with Crippen LogP contribution in [0.3, 0.4) is 0 Å². The normalized spacial score (nSPS) is 22.9. The minimum Gasteiger partial charge on any atom is -0.465 e. The Hall–Kier alpha value is -3.42. The number of carbonyl (C=O) groups excluding carboxylic acids is 4. The van der Waals surface area contributed by atoms with Crippen LogP contribution in [0.2, 0.25) is 0 Å². The number of fused-ring (bicyclic) bond motifs is 2. The van der Waals surface area contributed by atoms with Crippen molar-refractivity contribution in [2.45, 2.75) is 19.4 Å². The van der Waals surface area contributed by atoms with Gasteiger partial charge in [-0.05, 0) is 19.1 Å². The summed E-state index contributed by atoms with van der Waals surface area (Å²) in [6.45, 7) is 1.81. The van der Waals surface area contributed by atoms with E-state index >= 15 is 0 Å². The molecule has 29 heavy (non-hydrogen) atoms. The van der Waals surface area contributed by atoms with Gasteiger partial charge in [0.15, 0.2) is 0 Å². The maximum atomic E-state index is 13.2. The Balaban J connectivity index is 1.81. The molecule has 1 aromatic carbocycles. The molecule has 2 amide bonds. The third-order valence-electron chi connectivity index (χ3n) is 5.80. The number of ether oxygens (including phenoxy) is 2. The maximum absolute atomic E-state index is 13.2. The first-order valence-electron chi connectivity index (χ1n) is 9.23. The molecule has 2 aliphatic rings. The van der Waals surface area contributed by atoms with Crippen LogP contribution in [0, 0.1) is 11.8 Å². The quantitative estimate of drug-likeness (QED) is 0.582. The van der Waals surface area contributed by atoms with Gasteiger partial charge in [-0.3, -0.25) is 9.59 Å². The highest BCUT2D eigenvalue weighted by Crippen LogP contribution is 2.44. The average Bonchev–Trinajstić information content (AvgIpc) is 3.24. The van der Waals surface area contributed by atoms with Crippen molar-refractivity contribution in [3.63, 3.8) is 0 Å². The van der Waals surface area contributed by atoms with Crippen LogP contribution in [0.25, 0.3) is 0 Å². The molecule has 4 rings (SSSR count). The molecule has 3 atom stereocenters. The molecule has 3 unspecified atom stereocenters. The predicted molar refractivity (Wildman–Crippen MR) is 101 cm³/mol. The molecular formula is C21H20N2O6. The van der Waals surface area contributed by atoms with Crippen LogP contribution in [0.1, 0.15) is 39.4 Å². The number of benzene rings is 1. The second kappa shape index (κ2) is 6.88. The minimum atomic E-state index is -0.679. The largest absolute Gasteiger partial charge is 0.465 e. The fourth-order valence-electron chi connectivity index (χ4n) is 4.45. The molecular weight excluding hydrogens is 376 g/mol. The molecule has 1 saturated heterocycles. The lowest BCUT2D eigenvalue weighted by Gasteiger charge is -2.31. The van der Waals surface area contributed by atoms with Gasteiger partial charge in [0.05, 0.1) is 42.9 Å². The number of anilines is 1. The van der Waals surface area contributed by atoms with Crippen molar-refractivity contribution in [2.75, 3.05) is 19.1 Å². The maximum Gasteiger partial charge on any atom is 0.340 e. The van der Waals surface area contributed by atoms with E-state index in [1.807, 2.05) is 13.0 Å². The summed E-state index contributed by atoms with van der Waals surface area (Å²) in [6, 6.07) is 8.36. The monoisotopic (exact) mass is 396 g/mol. The number of methoxy groups -OCH3 is 2. The van der Waals surface area contributed by atoms with Crippen LogP contribution in [-0.2, 0) is 25.5 Å². The van der Waals surface area contributed by atoms with E-state index in [0.29, 0.717) is 11.4 Å². The zero-order chi connectivity index (χ0) is 20.9. The zero-order valence-electron chi connectivity index (χ0n) is 16.2. The Kier molecular flexibility index (Phi) is 4.49. The number of imide groups is 1. The van der Waals surface area contributed by atoms with Gasteiger partial charge in [-0.25, -0.2) is 14.5 Å².